The second-order valence-corrected chi connectivity index (χ2v) is 5.29. The van der Waals surface area contributed by atoms with E-state index in [1.54, 1.807) is 0 Å². The topological polar surface area (TPSA) is 26.3 Å². The van der Waals surface area contributed by atoms with Crippen LogP contribution in [0.3, 0.4) is 0 Å². The molecule has 0 saturated heterocycles. The van der Waals surface area contributed by atoms with E-state index in [-0.39, 0.29) is 11.4 Å². The molecule has 0 atom stereocenters. The zero-order valence-electron chi connectivity index (χ0n) is 9.88. The summed E-state index contributed by atoms with van der Waals surface area (Å²) in [5, 5.41) is 0. The smallest absolute Gasteiger partial charge is 0.312 e. The van der Waals surface area contributed by atoms with E-state index in [0.717, 1.165) is 19.3 Å². The Morgan fingerprint density at radius 2 is 2.13 bits per heavy atom. The lowest BCUT2D eigenvalue weighted by Crippen LogP contribution is -2.39. The Kier molecular flexibility index (Phi) is 5.51. The van der Waals surface area contributed by atoms with E-state index >= 15 is 0 Å². The SMILES string of the molecule is CCOC(=O)C1(CCCCSC)CCC1. The monoisotopic (exact) mass is 230 g/mol. The molecule has 1 fully saturated rings. The van der Waals surface area contributed by atoms with Crippen molar-refractivity contribution in [1.82, 2.24) is 0 Å². The Bertz CT molecular complexity index is 200. The lowest BCUT2D eigenvalue weighted by Gasteiger charge is -2.39. The van der Waals surface area contributed by atoms with Crippen molar-refractivity contribution < 1.29 is 9.53 Å². The van der Waals surface area contributed by atoms with Crippen molar-refractivity contribution in [2.45, 2.75) is 45.4 Å². The number of ether oxygens (including phenoxy) is 1. The van der Waals surface area contributed by atoms with Crippen LogP contribution in [-0.2, 0) is 9.53 Å². The summed E-state index contributed by atoms with van der Waals surface area (Å²) in [6, 6.07) is 0. The van der Waals surface area contributed by atoms with Gasteiger partial charge in [-0.15, -0.1) is 0 Å². The molecule has 0 heterocycles. The molecule has 0 N–H and O–H groups in total. The van der Waals surface area contributed by atoms with Crippen molar-refractivity contribution in [1.29, 1.82) is 0 Å². The van der Waals surface area contributed by atoms with Gasteiger partial charge in [-0.25, -0.2) is 0 Å². The summed E-state index contributed by atoms with van der Waals surface area (Å²) >= 11 is 1.88. The van der Waals surface area contributed by atoms with Gasteiger partial charge in [-0.2, -0.15) is 11.8 Å². The molecule has 3 heteroatoms. The fourth-order valence-electron chi connectivity index (χ4n) is 2.15. The highest BCUT2D eigenvalue weighted by Crippen LogP contribution is 2.46. The quantitative estimate of drug-likeness (QED) is 0.496. The van der Waals surface area contributed by atoms with Crippen LogP contribution in [0.4, 0.5) is 0 Å². The van der Waals surface area contributed by atoms with Crippen LogP contribution in [0.25, 0.3) is 0 Å². The van der Waals surface area contributed by atoms with Crippen LogP contribution in [0.1, 0.15) is 45.4 Å². The van der Waals surface area contributed by atoms with E-state index in [9.17, 15) is 4.79 Å². The zero-order chi connectivity index (χ0) is 11.1. The predicted molar refractivity (Wildman–Crippen MR) is 65.2 cm³/mol. The molecular formula is C12H22O2S. The summed E-state index contributed by atoms with van der Waals surface area (Å²) in [4.78, 5) is 11.8. The molecule has 1 saturated carbocycles. The van der Waals surface area contributed by atoms with Crippen LogP contribution in [0.2, 0.25) is 0 Å². The van der Waals surface area contributed by atoms with Crippen LogP contribution in [0, 0.1) is 5.41 Å². The van der Waals surface area contributed by atoms with E-state index in [1.165, 1.54) is 25.0 Å². The lowest BCUT2D eigenvalue weighted by molar-refractivity contribution is -0.161. The maximum Gasteiger partial charge on any atom is 0.312 e. The molecule has 0 aromatic carbocycles. The van der Waals surface area contributed by atoms with Gasteiger partial charge in [0.05, 0.1) is 12.0 Å². The highest BCUT2D eigenvalue weighted by molar-refractivity contribution is 7.98. The molecule has 1 aliphatic rings. The Hall–Kier alpha value is -0.180. The van der Waals surface area contributed by atoms with Crippen molar-refractivity contribution in [3.63, 3.8) is 0 Å². The molecule has 0 radical (unpaired) electrons. The number of hydrogen-bond donors (Lipinski definition) is 0. The molecule has 1 rings (SSSR count). The minimum Gasteiger partial charge on any atom is -0.466 e. The van der Waals surface area contributed by atoms with Crippen molar-refractivity contribution in [2.75, 3.05) is 18.6 Å². The minimum absolute atomic E-state index is 0.0559. The van der Waals surface area contributed by atoms with Gasteiger partial charge < -0.3 is 4.74 Å². The number of unbranched alkanes of at least 4 members (excludes halogenated alkanes) is 1. The van der Waals surface area contributed by atoms with Gasteiger partial charge >= 0.3 is 5.97 Å². The average Bonchev–Trinajstić information content (AvgIpc) is 2.16. The number of rotatable bonds is 7. The van der Waals surface area contributed by atoms with Crippen LogP contribution in [0.15, 0.2) is 0 Å². The molecule has 2 nitrogen and oxygen atoms in total. The summed E-state index contributed by atoms with van der Waals surface area (Å²) < 4.78 is 5.16. The highest BCUT2D eigenvalue weighted by Gasteiger charge is 2.44. The maximum absolute atomic E-state index is 11.8. The lowest BCUT2D eigenvalue weighted by atomic mass is 9.66. The van der Waals surface area contributed by atoms with Crippen molar-refractivity contribution >= 4 is 17.7 Å². The summed E-state index contributed by atoms with van der Waals surface area (Å²) in [5.41, 5.74) is -0.0889. The fourth-order valence-corrected chi connectivity index (χ4v) is 2.65. The first kappa shape index (κ1) is 12.9. The van der Waals surface area contributed by atoms with Gasteiger partial charge in [-0.3, -0.25) is 4.79 Å². The summed E-state index contributed by atoms with van der Waals surface area (Å²) in [6.45, 7) is 2.41. The Morgan fingerprint density at radius 3 is 2.60 bits per heavy atom. The third-order valence-electron chi connectivity index (χ3n) is 3.27. The second kappa shape index (κ2) is 6.41. The van der Waals surface area contributed by atoms with E-state index in [0.29, 0.717) is 6.61 Å². The predicted octanol–water partition coefficient (Wildman–Crippen LogP) is 3.25. The Labute approximate surface area is 97.1 Å². The molecule has 0 spiro atoms. The first-order valence-electron chi connectivity index (χ1n) is 5.91. The van der Waals surface area contributed by atoms with Gasteiger partial charge in [0.2, 0.25) is 0 Å². The molecule has 0 bridgehead atoms. The van der Waals surface area contributed by atoms with Crippen molar-refractivity contribution in [2.24, 2.45) is 5.41 Å². The van der Waals surface area contributed by atoms with Gasteiger partial charge in [0.1, 0.15) is 0 Å². The number of esters is 1. The number of hydrogen-bond acceptors (Lipinski definition) is 3. The van der Waals surface area contributed by atoms with Crippen LogP contribution in [-0.4, -0.2) is 24.6 Å². The van der Waals surface area contributed by atoms with Crippen molar-refractivity contribution in [3.8, 4) is 0 Å². The standard InChI is InChI=1S/C12H22O2S/c1-3-14-11(13)12(8-6-9-12)7-4-5-10-15-2/h3-10H2,1-2H3. The van der Waals surface area contributed by atoms with Crippen LogP contribution in [0.5, 0.6) is 0 Å². The van der Waals surface area contributed by atoms with Crippen LogP contribution >= 0.6 is 11.8 Å². The first-order chi connectivity index (χ1) is 7.25. The zero-order valence-corrected chi connectivity index (χ0v) is 10.7. The van der Waals surface area contributed by atoms with Gasteiger partial charge in [-0.1, -0.05) is 12.8 Å². The molecule has 88 valence electrons. The van der Waals surface area contributed by atoms with Gasteiger partial charge in [0, 0.05) is 0 Å². The van der Waals surface area contributed by atoms with Crippen molar-refractivity contribution in [3.05, 3.63) is 0 Å². The third kappa shape index (κ3) is 3.40. The van der Waals surface area contributed by atoms with E-state index in [1.807, 2.05) is 18.7 Å². The molecule has 0 aromatic rings. The molecule has 0 aliphatic heterocycles. The normalized spacial score (nSPS) is 18.3. The fraction of sp³-hybridized carbons (Fsp3) is 0.917. The molecule has 0 aromatic heterocycles. The summed E-state index contributed by atoms with van der Waals surface area (Å²) in [7, 11) is 0. The molecule has 0 unspecified atom stereocenters. The minimum atomic E-state index is -0.0889. The number of carbonyl (C=O) groups excluding carboxylic acids is 1. The van der Waals surface area contributed by atoms with Gasteiger partial charge in [-0.05, 0) is 44.6 Å². The largest absolute Gasteiger partial charge is 0.466 e. The molecule has 1 aliphatic carbocycles. The average molecular weight is 230 g/mol. The molecular weight excluding hydrogens is 208 g/mol. The van der Waals surface area contributed by atoms with Crippen LogP contribution < -0.4 is 0 Å². The Balaban J connectivity index is 2.29. The highest BCUT2D eigenvalue weighted by atomic mass is 32.2. The second-order valence-electron chi connectivity index (χ2n) is 4.30. The summed E-state index contributed by atoms with van der Waals surface area (Å²) in [5.74, 6) is 1.26. The summed E-state index contributed by atoms with van der Waals surface area (Å²) in [6.07, 6.45) is 8.84. The van der Waals surface area contributed by atoms with E-state index in [2.05, 4.69) is 6.26 Å². The molecule has 0 amide bonds. The maximum atomic E-state index is 11.8. The van der Waals surface area contributed by atoms with Gasteiger partial charge in [0.25, 0.3) is 0 Å². The number of thioether (sulfide) groups is 1. The van der Waals surface area contributed by atoms with E-state index in [4.69, 9.17) is 4.74 Å². The van der Waals surface area contributed by atoms with Gasteiger partial charge in [0.15, 0.2) is 0 Å². The van der Waals surface area contributed by atoms with E-state index < -0.39 is 0 Å². The molecule has 15 heavy (non-hydrogen) atoms. The Morgan fingerprint density at radius 1 is 1.40 bits per heavy atom. The number of carbonyl (C=O) groups is 1. The third-order valence-corrected chi connectivity index (χ3v) is 3.97. The first-order valence-corrected chi connectivity index (χ1v) is 7.31.